The van der Waals surface area contributed by atoms with Gasteiger partial charge in [-0.25, -0.2) is 26.4 Å². The number of ether oxygens (including phenoxy) is 12. The number of fused-ring (bicyclic) bond motifs is 4. The normalized spacial score (nSPS) is 21.4. The first-order valence-electron chi connectivity index (χ1n) is 31.5. The van der Waals surface area contributed by atoms with Crippen LogP contribution in [0.3, 0.4) is 0 Å². The topological polar surface area (TPSA) is 365 Å². The Labute approximate surface area is 546 Å². The minimum Gasteiger partial charge on any atom is -0.494 e. The Morgan fingerprint density at radius 2 is 0.968 bits per heavy atom. The van der Waals surface area contributed by atoms with Gasteiger partial charge >= 0.3 is 18.2 Å². The zero-order valence-corrected chi connectivity index (χ0v) is 54.6. The lowest BCUT2D eigenvalue weighted by molar-refractivity contribution is -0.137. The van der Waals surface area contributed by atoms with Crippen LogP contribution >= 0.6 is 0 Å². The Bertz CT molecular complexity index is 3200. The van der Waals surface area contributed by atoms with E-state index in [4.69, 9.17) is 67.7 Å². The second kappa shape index (κ2) is 32.9. The molecular formula is C64H85N5O23S2. The van der Waals surface area contributed by atoms with Gasteiger partial charge in [0.15, 0.2) is 35.6 Å². The Morgan fingerprint density at radius 3 is 1.36 bits per heavy atom. The number of aliphatic hydroxyl groups is 2. The highest BCUT2D eigenvalue weighted by Gasteiger charge is 2.46. The average Bonchev–Trinajstić information content (AvgIpc) is 1.16. The number of benzene rings is 4. The molecule has 28 nitrogen and oxygen atoms in total. The molecule has 0 spiro atoms. The fraction of sp³-hybridized carbons (Fsp3) is 0.562. The van der Waals surface area contributed by atoms with Crippen molar-refractivity contribution in [1.29, 1.82) is 0 Å². The lowest BCUT2D eigenvalue weighted by atomic mass is 10.0. The zero-order chi connectivity index (χ0) is 67.1. The van der Waals surface area contributed by atoms with E-state index in [-0.39, 0.29) is 119 Å². The molecule has 0 unspecified atom stereocenters. The molecule has 4 saturated heterocycles. The van der Waals surface area contributed by atoms with Crippen LogP contribution in [0.15, 0.2) is 94.7 Å². The number of amides is 3. The van der Waals surface area contributed by atoms with Crippen LogP contribution in [0.2, 0.25) is 0 Å². The summed E-state index contributed by atoms with van der Waals surface area (Å²) < 4.78 is 124. The largest absolute Gasteiger partial charge is 0.494 e. The lowest BCUT2D eigenvalue weighted by Crippen LogP contribution is -2.51. The molecule has 0 radical (unpaired) electrons. The number of aliphatic hydroxyl groups excluding tert-OH is 2. The Hall–Kier alpha value is -7.26. The molecule has 6 aliphatic heterocycles. The van der Waals surface area contributed by atoms with Crippen LogP contribution in [0.1, 0.15) is 77.3 Å². The number of carboxylic acid groups (broad SMARTS) is 1. The highest BCUT2D eigenvalue weighted by molar-refractivity contribution is 7.89. The molecule has 7 N–H and O–H groups in total. The number of carbonyl (C=O) groups excluding carboxylic acids is 3. The third-order valence-electron chi connectivity index (χ3n) is 16.3. The molecule has 0 bridgehead atoms. The van der Waals surface area contributed by atoms with Crippen LogP contribution in [-0.4, -0.2) is 193 Å². The Morgan fingerprint density at radius 1 is 0.564 bits per heavy atom. The van der Waals surface area contributed by atoms with Gasteiger partial charge in [0, 0.05) is 51.2 Å². The summed E-state index contributed by atoms with van der Waals surface area (Å²) in [6.07, 6.45) is -3.23. The molecule has 0 aliphatic carbocycles. The van der Waals surface area contributed by atoms with Crippen molar-refractivity contribution in [3.63, 3.8) is 0 Å². The number of hydrogen-bond acceptors (Lipinski definition) is 22. The van der Waals surface area contributed by atoms with Crippen molar-refractivity contribution in [3.05, 3.63) is 96.1 Å². The quantitative estimate of drug-likeness (QED) is 0.0353. The minimum absolute atomic E-state index is 0.000457. The predicted octanol–water partition coefficient (Wildman–Crippen LogP) is 4.93. The number of nitrogens with two attached hydrogens (primary N) is 1. The van der Waals surface area contributed by atoms with Gasteiger partial charge in [-0.15, -0.1) is 0 Å². The van der Waals surface area contributed by atoms with E-state index < -0.39 is 93.2 Å². The number of nitrogens with zero attached hydrogens (tertiary/aromatic N) is 2. The summed E-state index contributed by atoms with van der Waals surface area (Å²) in [5.74, 6) is 1.06. The number of aliphatic carboxylic acids is 1. The summed E-state index contributed by atoms with van der Waals surface area (Å²) in [7, 11) is -8.17. The fourth-order valence-electron chi connectivity index (χ4n) is 11.5. The second-order valence-corrected chi connectivity index (χ2v) is 28.4. The minimum atomic E-state index is -4.09. The van der Waals surface area contributed by atoms with Crippen molar-refractivity contribution >= 4 is 44.1 Å². The second-order valence-electron chi connectivity index (χ2n) is 24.5. The van der Waals surface area contributed by atoms with Crippen LogP contribution < -0.4 is 44.8 Å². The van der Waals surface area contributed by atoms with Gasteiger partial charge in [-0.2, -0.15) is 8.61 Å². The van der Waals surface area contributed by atoms with E-state index in [1.54, 1.807) is 48.5 Å². The summed E-state index contributed by atoms with van der Waals surface area (Å²) in [5, 5.41) is 37.5. The van der Waals surface area contributed by atoms with Crippen LogP contribution in [0.5, 0.6) is 34.5 Å². The van der Waals surface area contributed by atoms with E-state index in [0.717, 1.165) is 11.1 Å². The number of hydrogen-bond donors (Lipinski definition) is 6. The molecule has 3 amide bonds. The molecule has 94 heavy (non-hydrogen) atoms. The summed E-state index contributed by atoms with van der Waals surface area (Å²) in [4.78, 5) is 48.1. The van der Waals surface area contributed by atoms with Gasteiger partial charge in [-0.3, -0.25) is 9.59 Å². The van der Waals surface area contributed by atoms with Gasteiger partial charge in [0.25, 0.3) is 0 Å². The van der Waals surface area contributed by atoms with Gasteiger partial charge < -0.3 is 88.5 Å². The van der Waals surface area contributed by atoms with Crippen LogP contribution in [-0.2, 0) is 70.9 Å². The predicted molar refractivity (Wildman–Crippen MR) is 333 cm³/mol. The van der Waals surface area contributed by atoms with Crippen molar-refractivity contribution in [2.75, 3.05) is 79.4 Å². The van der Waals surface area contributed by atoms with Gasteiger partial charge in [-0.1, -0.05) is 52.0 Å². The third kappa shape index (κ3) is 19.5. The van der Waals surface area contributed by atoms with E-state index in [1.807, 2.05) is 27.7 Å². The zero-order valence-electron chi connectivity index (χ0n) is 52.9. The molecule has 10 rings (SSSR count). The molecule has 0 aromatic heterocycles. The van der Waals surface area contributed by atoms with Crippen molar-refractivity contribution in [3.8, 4) is 34.5 Å². The number of primary amides is 1. The van der Waals surface area contributed by atoms with E-state index in [9.17, 15) is 46.2 Å². The fourth-order valence-corrected chi connectivity index (χ4v) is 14.8. The molecule has 4 aromatic carbocycles. The molecular weight excluding hydrogens is 1270 g/mol. The maximum Gasteiger partial charge on any atom is 0.407 e. The van der Waals surface area contributed by atoms with E-state index in [1.165, 1.54) is 45.0 Å². The van der Waals surface area contributed by atoms with Gasteiger partial charge in [0.05, 0.1) is 85.6 Å². The van der Waals surface area contributed by atoms with Crippen molar-refractivity contribution < 1.29 is 108 Å². The first-order chi connectivity index (χ1) is 45.0. The summed E-state index contributed by atoms with van der Waals surface area (Å²) in [6.45, 7) is 9.11. The van der Waals surface area contributed by atoms with E-state index in [0.29, 0.717) is 80.0 Å². The standard InChI is InChI=1S/C32H43N3O11S.C32H42N2O12S/c1-20(2)16-35(47(39,40)23-9-10-27-28(15-23)45-19-44-27)17-26(36)25(34-32(38)46-29-18-43-31-24(29)11-13-42-31)14-21-5-7-22(8-6-21)41-12-3-4-30(33)37;1-20(2)16-34(47(39,40)23-9-10-27-28(15-23)45-19-44-27)17-26(35)25(33-32(38)46-29-18-43-31-24(29)11-13-42-31)14-21-5-7-22(8-6-21)41-12-3-4-30(36)37/h5-10,15,20,24-26,29,31,36H,3-4,11-14,16-19H2,1-2H3,(H2,33,37)(H,34,38);5-10,15,20,24-26,29,31,35H,3-4,11-14,16-19H2,1-2H3,(H,33,38)(H,36,37)/t2*24-,25-,26+,29+,31+/m00/s1. The lowest BCUT2D eigenvalue weighted by Gasteiger charge is -2.31. The number of alkyl carbamates (subject to hydrolysis) is 2. The third-order valence-corrected chi connectivity index (χ3v) is 20.0. The molecule has 516 valence electrons. The number of rotatable bonds is 32. The van der Waals surface area contributed by atoms with Gasteiger partial charge in [0.1, 0.15) is 23.7 Å². The molecule has 4 fully saturated rings. The van der Waals surface area contributed by atoms with Gasteiger partial charge in [-0.05, 0) is 110 Å². The Kier molecular flexibility index (Phi) is 24.9. The maximum absolute atomic E-state index is 13.9. The Balaban J connectivity index is 0.000000221. The molecule has 6 aliphatic rings. The number of carbonyl (C=O) groups is 4. The number of nitrogens with one attached hydrogen (secondary N) is 2. The molecule has 10 atom stereocenters. The number of carboxylic acids is 1. The number of sulfonamides is 2. The first-order valence-corrected chi connectivity index (χ1v) is 34.4. The average molecular weight is 1360 g/mol. The maximum atomic E-state index is 13.9. The van der Waals surface area contributed by atoms with Crippen molar-refractivity contribution in [2.24, 2.45) is 29.4 Å². The molecule has 0 saturated carbocycles. The monoisotopic (exact) mass is 1360 g/mol. The van der Waals surface area contributed by atoms with Crippen LogP contribution in [0, 0.1) is 23.7 Å². The van der Waals surface area contributed by atoms with E-state index in [2.05, 4.69) is 10.6 Å². The summed E-state index contributed by atoms with van der Waals surface area (Å²) in [5.41, 5.74) is 6.66. The van der Waals surface area contributed by atoms with Crippen LogP contribution in [0.4, 0.5) is 9.59 Å². The summed E-state index contributed by atoms with van der Waals surface area (Å²) in [6, 6.07) is 20.9. The molecule has 30 heteroatoms. The van der Waals surface area contributed by atoms with Crippen molar-refractivity contribution in [1.82, 2.24) is 19.2 Å². The SMILES string of the molecule is CC(C)CN(C[C@@H](O)[C@H](Cc1ccc(OCCCC(=O)O)cc1)NC(=O)O[C@@H]1CO[C@H]2OCC[C@H]21)S(=O)(=O)c1ccc2c(c1)OCO2.CC(C)CN(C[C@@H](O)[C@H](Cc1ccc(OCCCC(N)=O)cc1)NC(=O)O[C@@H]1CO[C@H]2OCC[C@H]21)S(=O)(=O)c1ccc2c(c1)OCO2. The molecule has 4 aromatic rings. The smallest absolute Gasteiger partial charge is 0.407 e. The van der Waals surface area contributed by atoms with Gasteiger partial charge in [0.2, 0.25) is 39.5 Å². The first kappa shape index (κ1) is 71.0. The van der Waals surface area contributed by atoms with Crippen molar-refractivity contribution in [2.45, 2.75) is 138 Å². The van der Waals surface area contributed by atoms with Crippen LogP contribution in [0.25, 0.3) is 0 Å². The molecule has 6 heterocycles. The van der Waals surface area contributed by atoms with E-state index >= 15 is 0 Å². The highest BCUT2D eigenvalue weighted by Crippen LogP contribution is 2.38. The summed E-state index contributed by atoms with van der Waals surface area (Å²) >= 11 is 0. The highest BCUT2D eigenvalue weighted by atomic mass is 32.2.